The minimum Gasteiger partial charge on any atom is -0.361 e. The van der Waals surface area contributed by atoms with Gasteiger partial charge in [-0.1, -0.05) is 41.9 Å². The van der Waals surface area contributed by atoms with Gasteiger partial charge in [0.1, 0.15) is 5.37 Å². The van der Waals surface area contributed by atoms with Gasteiger partial charge in [-0.2, -0.15) is 0 Å². The molecule has 1 unspecified atom stereocenters. The van der Waals surface area contributed by atoms with Gasteiger partial charge in [0.25, 0.3) is 5.91 Å². The predicted octanol–water partition coefficient (Wildman–Crippen LogP) is 5.55. The van der Waals surface area contributed by atoms with E-state index < -0.39 is 0 Å². The average molecular weight is 430 g/mol. The predicted molar refractivity (Wildman–Crippen MR) is 122 cm³/mol. The van der Waals surface area contributed by atoms with Crippen LogP contribution in [0.25, 0.3) is 5.57 Å². The van der Waals surface area contributed by atoms with Crippen LogP contribution in [0.1, 0.15) is 49.2 Å². The molecule has 2 aromatic rings. The van der Waals surface area contributed by atoms with Gasteiger partial charge in [0, 0.05) is 23.5 Å². The van der Waals surface area contributed by atoms with Crippen molar-refractivity contribution in [2.75, 3.05) is 26.2 Å². The number of aromatic amines is 1. The molecule has 0 bridgehead atoms. The summed E-state index contributed by atoms with van der Waals surface area (Å²) in [5.74, 6) is 0.130. The molecule has 1 aromatic heterocycles. The third kappa shape index (κ3) is 4.73. The molecule has 2 aliphatic rings. The van der Waals surface area contributed by atoms with Crippen LogP contribution >= 0.6 is 23.4 Å². The van der Waals surface area contributed by atoms with Gasteiger partial charge in [0.2, 0.25) is 0 Å². The highest BCUT2D eigenvalue weighted by atomic mass is 35.5. The van der Waals surface area contributed by atoms with Gasteiger partial charge in [-0.3, -0.25) is 4.79 Å². The molecule has 1 N–H and O–H groups in total. The monoisotopic (exact) mass is 429 g/mol. The molecule has 154 valence electrons. The molecule has 3 heterocycles. The number of thioether (sulfide) groups is 1. The standard InChI is InChI=1S/C23H28ClN3OS/c1-17(20-10-6-11-25-20)21-22(28)27(15-7-14-26-12-3-2-4-13-26)23(29-21)18-8-5-9-19(24)16-18/h5-6,8-11,16,23,25H,2-4,7,12-15H2,1H3. The van der Waals surface area contributed by atoms with E-state index in [4.69, 9.17) is 11.6 Å². The van der Waals surface area contributed by atoms with Gasteiger partial charge in [0.05, 0.1) is 4.91 Å². The molecule has 1 atom stereocenters. The summed E-state index contributed by atoms with van der Waals surface area (Å²) in [4.78, 5) is 22.0. The Morgan fingerprint density at radius 1 is 1.17 bits per heavy atom. The molecule has 0 saturated carbocycles. The van der Waals surface area contributed by atoms with Crippen molar-refractivity contribution in [3.8, 4) is 0 Å². The van der Waals surface area contributed by atoms with Crippen LogP contribution in [0.4, 0.5) is 0 Å². The Morgan fingerprint density at radius 3 is 2.72 bits per heavy atom. The van der Waals surface area contributed by atoms with E-state index in [1.807, 2.05) is 48.4 Å². The van der Waals surface area contributed by atoms with E-state index in [0.29, 0.717) is 5.02 Å². The summed E-state index contributed by atoms with van der Waals surface area (Å²) in [5, 5.41) is 0.685. The fourth-order valence-electron chi connectivity index (χ4n) is 4.17. The highest BCUT2D eigenvalue weighted by molar-refractivity contribution is 8.04. The SMILES string of the molecule is CC(=C1SC(c2cccc(Cl)c2)N(CCCN2CCCCC2)C1=O)c1ccc[nH]1. The van der Waals surface area contributed by atoms with Crippen molar-refractivity contribution in [1.29, 1.82) is 0 Å². The van der Waals surface area contributed by atoms with Gasteiger partial charge >= 0.3 is 0 Å². The maximum Gasteiger partial charge on any atom is 0.261 e. The summed E-state index contributed by atoms with van der Waals surface area (Å²) < 4.78 is 0. The van der Waals surface area contributed by atoms with Crippen molar-refractivity contribution in [2.24, 2.45) is 0 Å². The van der Waals surface area contributed by atoms with Crippen LogP contribution in [-0.4, -0.2) is 46.9 Å². The normalized spacial score (nSPS) is 22.3. The maximum absolute atomic E-state index is 13.4. The number of piperidine rings is 1. The van der Waals surface area contributed by atoms with E-state index in [2.05, 4.69) is 16.0 Å². The van der Waals surface area contributed by atoms with Crippen molar-refractivity contribution >= 4 is 34.8 Å². The number of H-pyrrole nitrogens is 1. The molecule has 6 heteroatoms. The largest absolute Gasteiger partial charge is 0.361 e. The second-order valence-corrected chi connectivity index (χ2v) is 9.34. The van der Waals surface area contributed by atoms with Gasteiger partial charge in [-0.15, -0.1) is 0 Å². The lowest BCUT2D eigenvalue weighted by atomic mass is 10.1. The summed E-state index contributed by atoms with van der Waals surface area (Å²) in [7, 11) is 0. The molecule has 2 fully saturated rings. The number of benzene rings is 1. The molecule has 4 rings (SSSR count). The van der Waals surface area contributed by atoms with E-state index in [1.165, 1.54) is 32.4 Å². The van der Waals surface area contributed by atoms with E-state index in [1.54, 1.807) is 11.8 Å². The number of hydrogen-bond acceptors (Lipinski definition) is 3. The Kier molecular flexibility index (Phi) is 6.68. The summed E-state index contributed by atoms with van der Waals surface area (Å²) in [6.45, 7) is 6.24. The average Bonchev–Trinajstić information content (AvgIpc) is 3.38. The minimum absolute atomic E-state index is 0.0255. The number of carbonyl (C=O) groups is 1. The van der Waals surface area contributed by atoms with Crippen LogP contribution in [-0.2, 0) is 4.79 Å². The van der Waals surface area contributed by atoms with Crippen LogP contribution in [0.3, 0.4) is 0 Å². The Morgan fingerprint density at radius 2 is 2.00 bits per heavy atom. The molecule has 0 radical (unpaired) electrons. The lowest BCUT2D eigenvalue weighted by Crippen LogP contribution is -2.34. The number of aromatic nitrogens is 1. The van der Waals surface area contributed by atoms with Crippen molar-refractivity contribution in [2.45, 2.75) is 38.0 Å². The van der Waals surface area contributed by atoms with Gasteiger partial charge in [-0.25, -0.2) is 0 Å². The first-order valence-corrected chi connectivity index (χ1v) is 11.7. The molecule has 0 spiro atoms. The Bertz CT molecular complexity index is 874. The second-order valence-electron chi connectivity index (χ2n) is 7.82. The topological polar surface area (TPSA) is 39.3 Å². The number of nitrogens with zero attached hydrogens (tertiary/aromatic N) is 2. The van der Waals surface area contributed by atoms with Gasteiger partial charge in [-0.05, 0) is 81.2 Å². The summed E-state index contributed by atoms with van der Waals surface area (Å²) in [6, 6.07) is 11.9. The Hall–Kier alpha value is -1.69. The fourth-order valence-corrected chi connectivity index (χ4v) is 5.71. The smallest absolute Gasteiger partial charge is 0.261 e. The second kappa shape index (κ2) is 9.41. The molecule has 4 nitrogen and oxygen atoms in total. The van der Waals surface area contributed by atoms with Crippen molar-refractivity contribution in [1.82, 2.24) is 14.8 Å². The fraction of sp³-hybridized carbons (Fsp3) is 0.435. The lowest BCUT2D eigenvalue weighted by Gasteiger charge is -2.28. The van der Waals surface area contributed by atoms with Crippen LogP contribution in [0.2, 0.25) is 5.02 Å². The third-order valence-electron chi connectivity index (χ3n) is 5.77. The number of allylic oxidation sites excluding steroid dienone is 1. The first kappa shape index (κ1) is 20.6. The maximum atomic E-state index is 13.4. The van der Waals surface area contributed by atoms with Crippen LogP contribution in [0.5, 0.6) is 0 Å². The number of likely N-dealkylation sites (tertiary alicyclic amines) is 1. The van der Waals surface area contributed by atoms with E-state index >= 15 is 0 Å². The zero-order chi connectivity index (χ0) is 20.2. The van der Waals surface area contributed by atoms with E-state index in [0.717, 1.165) is 41.2 Å². The number of rotatable bonds is 6. The molecule has 1 amide bonds. The van der Waals surface area contributed by atoms with E-state index in [-0.39, 0.29) is 11.3 Å². The number of hydrogen-bond donors (Lipinski definition) is 1. The molecule has 2 aliphatic heterocycles. The quantitative estimate of drug-likeness (QED) is 0.612. The number of halogens is 1. The molecular formula is C23H28ClN3OS. The third-order valence-corrected chi connectivity index (χ3v) is 7.47. The molecule has 1 aromatic carbocycles. The molecule has 0 aliphatic carbocycles. The van der Waals surface area contributed by atoms with E-state index in [9.17, 15) is 4.79 Å². The highest BCUT2D eigenvalue weighted by Gasteiger charge is 2.38. The van der Waals surface area contributed by atoms with Crippen LogP contribution in [0.15, 0.2) is 47.5 Å². The first-order valence-electron chi connectivity index (χ1n) is 10.4. The Balaban J connectivity index is 1.55. The summed E-state index contributed by atoms with van der Waals surface area (Å²) >= 11 is 7.90. The van der Waals surface area contributed by atoms with Crippen molar-refractivity contribution < 1.29 is 4.79 Å². The van der Waals surface area contributed by atoms with Gasteiger partial charge < -0.3 is 14.8 Å². The minimum atomic E-state index is -0.0255. The molecular weight excluding hydrogens is 402 g/mol. The number of carbonyl (C=O) groups excluding carboxylic acids is 1. The highest BCUT2D eigenvalue weighted by Crippen LogP contribution is 2.48. The number of nitrogens with one attached hydrogen (secondary N) is 1. The zero-order valence-corrected chi connectivity index (χ0v) is 18.4. The van der Waals surface area contributed by atoms with Crippen LogP contribution < -0.4 is 0 Å². The lowest BCUT2D eigenvalue weighted by molar-refractivity contribution is -0.126. The summed E-state index contributed by atoms with van der Waals surface area (Å²) in [6.07, 6.45) is 6.84. The first-order chi connectivity index (χ1) is 14.1. The van der Waals surface area contributed by atoms with Crippen LogP contribution in [0, 0.1) is 0 Å². The van der Waals surface area contributed by atoms with Crippen molar-refractivity contribution in [3.05, 3.63) is 63.8 Å². The zero-order valence-electron chi connectivity index (χ0n) is 16.9. The number of amides is 1. The van der Waals surface area contributed by atoms with Gasteiger partial charge in [0.15, 0.2) is 0 Å². The summed E-state index contributed by atoms with van der Waals surface area (Å²) in [5.41, 5.74) is 3.10. The Labute approximate surface area is 182 Å². The molecule has 29 heavy (non-hydrogen) atoms. The molecule has 2 saturated heterocycles. The van der Waals surface area contributed by atoms with Crippen molar-refractivity contribution in [3.63, 3.8) is 0 Å².